The van der Waals surface area contributed by atoms with Crippen LogP contribution in [0, 0.1) is 0 Å². The SMILES string of the molecule is NC(=O)COc1ccc(C(=O)N2CCC[C@H](c3nc4ccccc4[nH]3)C2)cc1. The first-order valence-corrected chi connectivity index (χ1v) is 9.35. The summed E-state index contributed by atoms with van der Waals surface area (Å²) >= 11 is 0. The number of amides is 2. The van der Waals surface area contributed by atoms with E-state index in [0.29, 0.717) is 17.9 Å². The molecule has 1 atom stereocenters. The second-order valence-electron chi connectivity index (χ2n) is 7.01. The van der Waals surface area contributed by atoms with Crippen molar-refractivity contribution in [2.45, 2.75) is 18.8 Å². The third-order valence-electron chi connectivity index (χ3n) is 4.99. The zero-order chi connectivity index (χ0) is 19.5. The Balaban J connectivity index is 1.45. The van der Waals surface area contributed by atoms with Gasteiger partial charge in [0.15, 0.2) is 6.61 Å². The van der Waals surface area contributed by atoms with Crippen molar-refractivity contribution >= 4 is 22.8 Å². The minimum absolute atomic E-state index is 0.0118. The Morgan fingerprint density at radius 1 is 1.18 bits per heavy atom. The second kappa shape index (κ2) is 7.72. The number of rotatable bonds is 5. The minimum Gasteiger partial charge on any atom is -0.484 e. The van der Waals surface area contributed by atoms with E-state index in [-0.39, 0.29) is 18.4 Å². The topological polar surface area (TPSA) is 101 Å². The van der Waals surface area contributed by atoms with Gasteiger partial charge in [-0.05, 0) is 49.2 Å². The van der Waals surface area contributed by atoms with Gasteiger partial charge in [0.1, 0.15) is 11.6 Å². The highest BCUT2D eigenvalue weighted by atomic mass is 16.5. The molecule has 0 radical (unpaired) electrons. The predicted octanol–water partition coefficient (Wildman–Crippen LogP) is 2.45. The van der Waals surface area contributed by atoms with Crippen LogP contribution < -0.4 is 10.5 Å². The van der Waals surface area contributed by atoms with Gasteiger partial charge in [0, 0.05) is 24.6 Å². The number of nitrogens with two attached hydrogens (primary N) is 1. The number of aromatic amines is 1. The van der Waals surface area contributed by atoms with E-state index < -0.39 is 5.91 Å². The number of piperidine rings is 1. The molecular weight excluding hydrogens is 356 g/mol. The smallest absolute Gasteiger partial charge is 0.255 e. The lowest BCUT2D eigenvalue weighted by molar-refractivity contribution is -0.119. The van der Waals surface area contributed by atoms with Crippen molar-refractivity contribution in [2.24, 2.45) is 5.73 Å². The maximum atomic E-state index is 12.9. The van der Waals surface area contributed by atoms with E-state index in [9.17, 15) is 9.59 Å². The average molecular weight is 378 g/mol. The van der Waals surface area contributed by atoms with Gasteiger partial charge >= 0.3 is 0 Å². The lowest BCUT2D eigenvalue weighted by Crippen LogP contribution is -2.39. The Labute approximate surface area is 162 Å². The van der Waals surface area contributed by atoms with Crippen LogP contribution in [0.1, 0.15) is 34.9 Å². The predicted molar refractivity (Wildman–Crippen MR) is 105 cm³/mol. The number of primary amides is 1. The molecule has 2 amide bonds. The zero-order valence-corrected chi connectivity index (χ0v) is 15.4. The summed E-state index contributed by atoms with van der Waals surface area (Å²) in [6.45, 7) is 1.19. The third-order valence-corrected chi connectivity index (χ3v) is 4.99. The first-order chi connectivity index (χ1) is 13.6. The number of likely N-dealkylation sites (tertiary alicyclic amines) is 1. The van der Waals surface area contributed by atoms with E-state index >= 15 is 0 Å². The lowest BCUT2D eigenvalue weighted by Gasteiger charge is -2.32. The van der Waals surface area contributed by atoms with E-state index in [0.717, 1.165) is 36.2 Å². The van der Waals surface area contributed by atoms with Crippen molar-refractivity contribution in [2.75, 3.05) is 19.7 Å². The van der Waals surface area contributed by atoms with Crippen LogP contribution in [0.5, 0.6) is 5.75 Å². The fraction of sp³-hybridized carbons (Fsp3) is 0.286. The summed E-state index contributed by atoms with van der Waals surface area (Å²) in [5, 5.41) is 0. The van der Waals surface area contributed by atoms with Crippen LogP contribution in [0.25, 0.3) is 11.0 Å². The second-order valence-corrected chi connectivity index (χ2v) is 7.01. The van der Waals surface area contributed by atoms with Crippen molar-refractivity contribution in [3.05, 3.63) is 59.9 Å². The Morgan fingerprint density at radius 3 is 2.71 bits per heavy atom. The van der Waals surface area contributed by atoms with Gasteiger partial charge in [-0.1, -0.05) is 12.1 Å². The lowest BCUT2D eigenvalue weighted by atomic mass is 9.96. The Morgan fingerprint density at radius 2 is 1.96 bits per heavy atom. The highest BCUT2D eigenvalue weighted by Gasteiger charge is 2.27. The maximum Gasteiger partial charge on any atom is 0.255 e. The standard InChI is InChI=1S/C21H22N4O3/c22-19(26)13-28-16-9-7-14(8-10-16)21(27)25-11-3-4-15(12-25)20-23-17-5-1-2-6-18(17)24-20/h1-2,5-10,15H,3-4,11-13H2,(H2,22,26)(H,23,24)/t15-/m0/s1. The van der Waals surface area contributed by atoms with Crippen molar-refractivity contribution in [1.82, 2.24) is 14.9 Å². The number of hydrogen-bond acceptors (Lipinski definition) is 4. The van der Waals surface area contributed by atoms with Gasteiger partial charge in [-0.3, -0.25) is 9.59 Å². The minimum atomic E-state index is -0.537. The summed E-state index contributed by atoms with van der Waals surface area (Å²) in [5.41, 5.74) is 7.64. The van der Waals surface area contributed by atoms with Crippen LogP contribution in [0.4, 0.5) is 0 Å². The molecule has 0 spiro atoms. The average Bonchev–Trinajstić information content (AvgIpc) is 3.16. The highest BCUT2D eigenvalue weighted by molar-refractivity contribution is 5.94. The molecule has 1 aliphatic rings. The fourth-order valence-electron chi connectivity index (χ4n) is 3.58. The summed E-state index contributed by atoms with van der Waals surface area (Å²) in [4.78, 5) is 33.7. The van der Waals surface area contributed by atoms with Crippen molar-refractivity contribution in [1.29, 1.82) is 0 Å². The molecule has 3 N–H and O–H groups in total. The van der Waals surface area contributed by atoms with Gasteiger partial charge in [-0.2, -0.15) is 0 Å². The van der Waals surface area contributed by atoms with Crippen LogP contribution in [0.15, 0.2) is 48.5 Å². The number of aromatic nitrogens is 2. The summed E-state index contributed by atoms with van der Waals surface area (Å²) < 4.78 is 5.24. The van der Waals surface area contributed by atoms with Gasteiger partial charge in [0.2, 0.25) is 0 Å². The number of para-hydroxylation sites is 2. The summed E-state index contributed by atoms with van der Waals surface area (Å²) in [6, 6.07) is 14.7. The Kier molecular flexibility index (Phi) is 4.97. The Bertz CT molecular complexity index is 963. The van der Waals surface area contributed by atoms with Crippen LogP contribution >= 0.6 is 0 Å². The van der Waals surface area contributed by atoms with E-state index in [1.807, 2.05) is 29.2 Å². The molecule has 0 saturated carbocycles. The number of ether oxygens (including phenoxy) is 1. The number of H-pyrrole nitrogens is 1. The molecule has 7 heteroatoms. The molecule has 3 aromatic rings. The number of carbonyl (C=O) groups is 2. The highest BCUT2D eigenvalue weighted by Crippen LogP contribution is 2.27. The van der Waals surface area contributed by atoms with Gasteiger partial charge in [-0.15, -0.1) is 0 Å². The van der Waals surface area contributed by atoms with Gasteiger partial charge in [-0.25, -0.2) is 4.98 Å². The van der Waals surface area contributed by atoms with Crippen molar-refractivity contribution < 1.29 is 14.3 Å². The maximum absolute atomic E-state index is 12.9. The molecule has 7 nitrogen and oxygen atoms in total. The number of imidazole rings is 1. The molecule has 1 saturated heterocycles. The molecule has 0 bridgehead atoms. The van der Waals surface area contributed by atoms with E-state index in [2.05, 4.69) is 4.98 Å². The number of benzene rings is 2. The number of nitrogens with one attached hydrogen (secondary N) is 1. The Hall–Kier alpha value is -3.35. The normalized spacial score (nSPS) is 16.9. The summed E-state index contributed by atoms with van der Waals surface area (Å²) in [6.07, 6.45) is 1.94. The molecule has 4 rings (SSSR count). The zero-order valence-electron chi connectivity index (χ0n) is 15.4. The van der Waals surface area contributed by atoms with E-state index in [4.69, 9.17) is 15.5 Å². The number of nitrogens with zero attached hydrogens (tertiary/aromatic N) is 2. The quantitative estimate of drug-likeness (QED) is 0.712. The summed E-state index contributed by atoms with van der Waals surface area (Å²) in [7, 11) is 0. The molecule has 144 valence electrons. The molecule has 2 aromatic carbocycles. The van der Waals surface area contributed by atoms with Gasteiger partial charge in [0.05, 0.1) is 11.0 Å². The largest absolute Gasteiger partial charge is 0.484 e. The monoisotopic (exact) mass is 378 g/mol. The van der Waals surface area contributed by atoms with E-state index in [1.54, 1.807) is 24.3 Å². The molecule has 1 aromatic heterocycles. The van der Waals surface area contributed by atoms with Crippen LogP contribution in [0.2, 0.25) is 0 Å². The number of hydrogen-bond donors (Lipinski definition) is 2. The number of fused-ring (bicyclic) bond motifs is 1. The molecule has 1 aliphatic heterocycles. The van der Waals surface area contributed by atoms with Crippen LogP contribution in [-0.4, -0.2) is 46.4 Å². The van der Waals surface area contributed by atoms with Gasteiger partial charge < -0.3 is 20.4 Å². The van der Waals surface area contributed by atoms with Crippen molar-refractivity contribution in [3.63, 3.8) is 0 Å². The summed E-state index contributed by atoms with van der Waals surface area (Å²) in [5.74, 6) is 1.10. The van der Waals surface area contributed by atoms with Crippen LogP contribution in [-0.2, 0) is 4.79 Å². The fourth-order valence-corrected chi connectivity index (χ4v) is 3.58. The number of carbonyl (C=O) groups excluding carboxylic acids is 2. The third kappa shape index (κ3) is 3.83. The van der Waals surface area contributed by atoms with E-state index in [1.165, 1.54) is 0 Å². The van der Waals surface area contributed by atoms with Crippen LogP contribution in [0.3, 0.4) is 0 Å². The molecule has 0 unspecified atom stereocenters. The molecular formula is C21H22N4O3. The first-order valence-electron chi connectivity index (χ1n) is 9.35. The van der Waals surface area contributed by atoms with Crippen molar-refractivity contribution in [3.8, 4) is 5.75 Å². The molecule has 28 heavy (non-hydrogen) atoms. The van der Waals surface area contributed by atoms with Gasteiger partial charge in [0.25, 0.3) is 11.8 Å². The molecule has 1 fully saturated rings. The molecule has 2 heterocycles. The molecule has 0 aliphatic carbocycles. The first kappa shape index (κ1) is 18.0.